The Labute approximate surface area is 106 Å². The number of halogens is 1. The molecule has 4 heteroatoms. The summed E-state index contributed by atoms with van der Waals surface area (Å²) in [5.74, 6) is -0.378. The zero-order chi connectivity index (χ0) is 13.1. The predicted molar refractivity (Wildman–Crippen MR) is 73.8 cm³/mol. The topological polar surface area (TPSA) is 55.3 Å². The van der Waals surface area contributed by atoms with Crippen molar-refractivity contribution in [2.75, 3.05) is 23.4 Å². The number of nitrogens with two attached hydrogens (primary N) is 2. The average Bonchev–Trinajstić information content (AvgIpc) is 2.35. The maximum Gasteiger partial charge on any atom is 0.127 e. The van der Waals surface area contributed by atoms with Crippen LogP contribution in [0.25, 0.3) is 0 Å². The van der Waals surface area contributed by atoms with Gasteiger partial charge < -0.3 is 16.4 Å². The van der Waals surface area contributed by atoms with Crippen molar-refractivity contribution in [3.63, 3.8) is 0 Å². The highest BCUT2D eigenvalue weighted by atomic mass is 19.1. The van der Waals surface area contributed by atoms with Crippen LogP contribution in [0.4, 0.5) is 21.5 Å². The van der Waals surface area contributed by atoms with Crippen molar-refractivity contribution in [1.82, 2.24) is 0 Å². The smallest absolute Gasteiger partial charge is 0.127 e. The fourth-order valence-electron chi connectivity index (χ4n) is 1.88. The van der Waals surface area contributed by atoms with Crippen LogP contribution in [0.3, 0.4) is 0 Å². The summed E-state index contributed by atoms with van der Waals surface area (Å²) < 4.78 is 13.3. The predicted octanol–water partition coefficient (Wildman–Crippen LogP) is 2.63. The van der Waals surface area contributed by atoms with Gasteiger partial charge in [0, 0.05) is 13.6 Å². The lowest BCUT2D eigenvalue weighted by atomic mass is 10.1. The SMILES string of the molecule is CN(Cc1ccccc1)c1cc(F)cc(N)c1N. The van der Waals surface area contributed by atoms with Gasteiger partial charge in [0.15, 0.2) is 0 Å². The first kappa shape index (κ1) is 12.2. The Morgan fingerprint density at radius 2 is 1.78 bits per heavy atom. The van der Waals surface area contributed by atoms with Crippen molar-refractivity contribution in [3.05, 3.63) is 53.8 Å². The van der Waals surface area contributed by atoms with Crippen molar-refractivity contribution >= 4 is 17.1 Å². The maximum absolute atomic E-state index is 13.3. The lowest BCUT2D eigenvalue weighted by Crippen LogP contribution is -2.18. The lowest BCUT2D eigenvalue weighted by molar-refractivity contribution is 0.628. The second kappa shape index (κ2) is 4.96. The van der Waals surface area contributed by atoms with E-state index in [1.165, 1.54) is 12.1 Å². The molecular weight excluding hydrogens is 229 g/mol. The number of nitrogens with zero attached hydrogens (tertiary/aromatic N) is 1. The number of hydrogen-bond acceptors (Lipinski definition) is 3. The molecule has 94 valence electrons. The van der Waals surface area contributed by atoms with Crippen molar-refractivity contribution in [2.24, 2.45) is 0 Å². The Kier molecular flexibility index (Phi) is 3.37. The number of benzene rings is 2. The minimum Gasteiger partial charge on any atom is -0.397 e. The molecule has 0 bridgehead atoms. The number of hydrogen-bond donors (Lipinski definition) is 2. The normalized spacial score (nSPS) is 10.3. The molecule has 3 nitrogen and oxygen atoms in total. The van der Waals surface area contributed by atoms with Gasteiger partial charge in [0.05, 0.1) is 17.1 Å². The number of rotatable bonds is 3. The van der Waals surface area contributed by atoms with E-state index in [2.05, 4.69) is 0 Å². The van der Waals surface area contributed by atoms with Gasteiger partial charge in [-0.1, -0.05) is 30.3 Å². The quantitative estimate of drug-likeness (QED) is 0.817. The highest BCUT2D eigenvalue weighted by Gasteiger charge is 2.10. The third-order valence-electron chi connectivity index (χ3n) is 2.83. The van der Waals surface area contributed by atoms with Crippen molar-refractivity contribution in [1.29, 1.82) is 0 Å². The molecule has 0 amide bonds. The molecule has 2 aromatic rings. The maximum atomic E-state index is 13.3. The average molecular weight is 245 g/mol. The first-order chi connectivity index (χ1) is 8.58. The zero-order valence-electron chi connectivity index (χ0n) is 10.2. The molecule has 2 rings (SSSR count). The highest BCUT2D eigenvalue weighted by molar-refractivity contribution is 5.79. The zero-order valence-corrected chi connectivity index (χ0v) is 10.2. The summed E-state index contributed by atoms with van der Waals surface area (Å²) >= 11 is 0. The third kappa shape index (κ3) is 2.53. The minimum absolute atomic E-state index is 0.268. The second-order valence-electron chi connectivity index (χ2n) is 4.27. The van der Waals surface area contributed by atoms with Crippen LogP contribution >= 0.6 is 0 Å². The van der Waals surface area contributed by atoms with E-state index in [1.807, 2.05) is 42.3 Å². The Bertz CT molecular complexity index is 540. The summed E-state index contributed by atoms with van der Waals surface area (Å²) in [5.41, 5.74) is 13.9. The van der Waals surface area contributed by atoms with Gasteiger partial charge in [0.2, 0.25) is 0 Å². The Balaban J connectivity index is 2.26. The van der Waals surface area contributed by atoms with Crippen LogP contribution in [-0.2, 0) is 6.54 Å². The Morgan fingerprint density at radius 3 is 2.44 bits per heavy atom. The molecule has 18 heavy (non-hydrogen) atoms. The molecule has 0 aliphatic heterocycles. The Morgan fingerprint density at radius 1 is 1.11 bits per heavy atom. The first-order valence-electron chi connectivity index (χ1n) is 5.67. The molecule has 0 radical (unpaired) electrons. The van der Waals surface area contributed by atoms with Crippen molar-refractivity contribution < 1.29 is 4.39 Å². The van der Waals surface area contributed by atoms with Gasteiger partial charge in [-0.25, -0.2) is 4.39 Å². The second-order valence-corrected chi connectivity index (χ2v) is 4.27. The summed E-state index contributed by atoms with van der Waals surface area (Å²) in [6.07, 6.45) is 0. The molecule has 0 spiro atoms. The summed E-state index contributed by atoms with van der Waals surface area (Å²) in [5, 5.41) is 0. The van der Waals surface area contributed by atoms with E-state index in [9.17, 15) is 4.39 Å². The summed E-state index contributed by atoms with van der Waals surface area (Å²) in [6, 6.07) is 12.5. The molecule has 0 aromatic heterocycles. The van der Waals surface area contributed by atoms with Gasteiger partial charge in [-0.2, -0.15) is 0 Å². The van der Waals surface area contributed by atoms with E-state index in [4.69, 9.17) is 11.5 Å². The van der Waals surface area contributed by atoms with Crippen LogP contribution in [0.1, 0.15) is 5.56 Å². The van der Waals surface area contributed by atoms with E-state index < -0.39 is 0 Å². The standard InChI is InChI=1S/C14H16FN3/c1-18(9-10-5-3-2-4-6-10)13-8-11(15)7-12(16)14(13)17/h2-8H,9,16-17H2,1H3. The highest BCUT2D eigenvalue weighted by Crippen LogP contribution is 2.30. The molecule has 0 atom stereocenters. The van der Waals surface area contributed by atoms with E-state index in [1.54, 1.807) is 0 Å². The molecule has 0 unspecified atom stereocenters. The molecule has 2 aromatic carbocycles. The number of nitrogen functional groups attached to an aromatic ring is 2. The van der Waals surface area contributed by atoms with Crippen LogP contribution in [0, 0.1) is 5.82 Å². The van der Waals surface area contributed by atoms with Gasteiger partial charge in [-0.15, -0.1) is 0 Å². The van der Waals surface area contributed by atoms with Gasteiger partial charge in [0.1, 0.15) is 5.82 Å². The summed E-state index contributed by atoms with van der Waals surface area (Å²) in [4.78, 5) is 1.88. The van der Waals surface area contributed by atoms with Gasteiger partial charge in [-0.05, 0) is 17.7 Å². The molecular formula is C14H16FN3. The molecule has 4 N–H and O–H groups in total. The van der Waals surface area contributed by atoms with Gasteiger partial charge in [0.25, 0.3) is 0 Å². The van der Waals surface area contributed by atoms with Crippen LogP contribution < -0.4 is 16.4 Å². The summed E-state index contributed by atoms with van der Waals surface area (Å²) in [6.45, 7) is 0.647. The molecule has 0 saturated carbocycles. The monoisotopic (exact) mass is 245 g/mol. The van der Waals surface area contributed by atoms with Crippen LogP contribution in [0.2, 0.25) is 0 Å². The first-order valence-corrected chi connectivity index (χ1v) is 5.67. The van der Waals surface area contributed by atoms with Crippen LogP contribution in [-0.4, -0.2) is 7.05 Å². The van der Waals surface area contributed by atoms with Gasteiger partial charge >= 0.3 is 0 Å². The molecule has 0 heterocycles. The van der Waals surface area contributed by atoms with E-state index in [0.717, 1.165) is 5.56 Å². The Hall–Kier alpha value is -2.23. The van der Waals surface area contributed by atoms with E-state index in [-0.39, 0.29) is 11.5 Å². The lowest BCUT2D eigenvalue weighted by Gasteiger charge is -2.22. The fraction of sp³-hybridized carbons (Fsp3) is 0.143. The van der Waals surface area contributed by atoms with Crippen LogP contribution in [0.15, 0.2) is 42.5 Å². The van der Waals surface area contributed by atoms with E-state index in [0.29, 0.717) is 17.9 Å². The van der Waals surface area contributed by atoms with Crippen LogP contribution in [0.5, 0.6) is 0 Å². The number of anilines is 3. The molecule has 0 aliphatic rings. The minimum atomic E-state index is -0.378. The van der Waals surface area contributed by atoms with E-state index >= 15 is 0 Å². The summed E-state index contributed by atoms with van der Waals surface area (Å²) in [7, 11) is 1.86. The largest absolute Gasteiger partial charge is 0.397 e. The molecule has 0 saturated heterocycles. The molecule has 0 aliphatic carbocycles. The molecule has 0 fully saturated rings. The van der Waals surface area contributed by atoms with Crippen molar-refractivity contribution in [3.8, 4) is 0 Å². The van der Waals surface area contributed by atoms with Crippen molar-refractivity contribution in [2.45, 2.75) is 6.54 Å². The fourth-order valence-corrected chi connectivity index (χ4v) is 1.88. The van der Waals surface area contributed by atoms with Gasteiger partial charge in [-0.3, -0.25) is 0 Å². The third-order valence-corrected chi connectivity index (χ3v) is 2.83.